The lowest BCUT2D eigenvalue weighted by Crippen LogP contribution is -2.09. The minimum atomic E-state index is 0.217. The molecule has 0 aliphatic heterocycles. The first-order valence-electron chi connectivity index (χ1n) is 5.55. The molecule has 0 atom stereocenters. The standard InChI is InChI=1S/C14H13ClO3/c15-13-3-1-2-4-14(13)18-10-9-17-12-7-5-11(16)6-8-12/h1-8,16H,9-10H2. The molecule has 0 aliphatic carbocycles. The molecular formula is C14H13ClO3. The van der Waals surface area contributed by atoms with Crippen LogP contribution in [0.3, 0.4) is 0 Å². The first-order valence-corrected chi connectivity index (χ1v) is 5.92. The quantitative estimate of drug-likeness (QED) is 0.840. The van der Waals surface area contributed by atoms with Gasteiger partial charge in [-0.25, -0.2) is 0 Å². The number of aromatic hydroxyl groups is 1. The number of hydrogen-bond acceptors (Lipinski definition) is 3. The molecule has 0 aliphatic rings. The van der Waals surface area contributed by atoms with E-state index in [2.05, 4.69) is 0 Å². The predicted octanol–water partition coefficient (Wildman–Crippen LogP) is 3.50. The van der Waals surface area contributed by atoms with Gasteiger partial charge >= 0.3 is 0 Å². The molecule has 0 heterocycles. The highest BCUT2D eigenvalue weighted by Gasteiger charge is 1.99. The summed E-state index contributed by atoms with van der Waals surface area (Å²) in [6, 6.07) is 13.8. The zero-order chi connectivity index (χ0) is 12.8. The van der Waals surface area contributed by atoms with E-state index in [0.717, 1.165) is 0 Å². The lowest BCUT2D eigenvalue weighted by Gasteiger charge is -2.09. The molecule has 0 radical (unpaired) electrons. The Bertz CT molecular complexity index is 497. The van der Waals surface area contributed by atoms with Gasteiger partial charge in [0.1, 0.15) is 30.5 Å². The number of benzene rings is 2. The van der Waals surface area contributed by atoms with Crippen molar-refractivity contribution in [3.8, 4) is 17.2 Å². The molecule has 0 amide bonds. The highest BCUT2D eigenvalue weighted by molar-refractivity contribution is 6.32. The molecule has 0 fully saturated rings. The Labute approximate surface area is 111 Å². The molecule has 2 aromatic carbocycles. The van der Waals surface area contributed by atoms with E-state index in [0.29, 0.717) is 29.7 Å². The lowest BCUT2D eigenvalue weighted by atomic mass is 10.3. The molecule has 18 heavy (non-hydrogen) atoms. The van der Waals surface area contributed by atoms with Crippen LogP contribution in [0.15, 0.2) is 48.5 Å². The highest BCUT2D eigenvalue weighted by atomic mass is 35.5. The molecule has 1 N–H and O–H groups in total. The third kappa shape index (κ3) is 3.57. The van der Waals surface area contributed by atoms with Gasteiger partial charge in [0.25, 0.3) is 0 Å². The van der Waals surface area contributed by atoms with Crippen molar-refractivity contribution in [2.24, 2.45) is 0 Å². The minimum Gasteiger partial charge on any atom is -0.508 e. The lowest BCUT2D eigenvalue weighted by molar-refractivity contribution is 0.217. The van der Waals surface area contributed by atoms with Crippen molar-refractivity contribution in [1.29, 1.82) is 0 Å². The summed E-state index contributed by atoms with van der Waals surface area (Å²) in [6.07, 6.45) is 0. The Hall–Kier alpha value is -1.87. The van der Waals surface area contributed by atoms with Crippen LogP contribution < -0.4 is 9.47 Å². The molecular weight excluding hydrogens is 252 g/mol. The van der Waals surface area contributed by atoms with Crippen molar-refractivity contribution in [2.75, 3.05) is 13.2 Å². The van der Waals surface area contributed by atoms with Crippen LogP contribution in [-0.4, -0.2) is 18.3 Å². The van der Waals surface area contributed by atoms with E-state index in [4.69, 9.17) is 26.2 Å². The number of phenolic OH excluding ortho intramolecular Hbond substituents is 1. The van der Waals surface area contributed by atoms with Crippen LogP contribution in [-0.2, 0) is 0 Å². The van der Waals surface area contributed by atoms with Crippen molar-refractivity contribution < 1.29 is 14.6 Å². The van der Waals surface area contributed by atoms with Gasteiger partial charge in [-0.05, 0) is 36.4 Å². The molecule has 3 nitrogen and oxygen atoms in total. The van der Waals surface area contributed by atoms with Gasteiger partial charge in [-0.2, -0.15) is 0 Å². The van der Waals surface area contributed by atoms with Crippen molar-refractivity contribution in [3.63, 3.8) is 0 Å². The molecule has 0 aromatic heterocycles. The van der Waals surface area contributed by atoms with Gasteiger partial charge in [-0.3, -0.25) is 0 Å². The topological polar surface area (TPSA) is 38.7 Å². The summed E-state index contributed by atoms with van der Waals surface area (Å²) >= 11 is 5.94. The molecule has 0 unspecified atom stereocenters. The first-order chi connectivity index (χ1) is 8.75. The van der Waals surface area contributed by atoms with Crippen molar-refractivity contribution >= 4 is 11.6 Å². The Kier molecular flexibility index (Phi) is 4.31. The number of hydrogen-bond donors (Lipinski definition) is 1. The van der Waals surface area contributed by atoms with E-state index < -0.39 is 0 Å². The van der Waals surface area contributed by atoms with Crippen molar-refractivity contribution in [3.05, 3.63) is 53.6 Å². The number of phenols is 1. The maximum absolute atomic E-state index is 9.11. The predicted molar refractivity (Wildman–Crippen MR) is 70.5 cm³/mol. The SMILES string of the molecule is Oc1ccc(OCCOc2ccccc2Cl)cc1. The second kappa shape index (κ2) is 6.17. The Morgan fingerprint density at radius 1 is 0.889 bits per heavy atom. The van der Waals surface area contributed by atoms with Gasteiger partial charge < -0.3 is 14.6 Å². The maximum atomic E-state index is 9.11. The zero-order valence-corrected chi connectivity index (χ0v) is 10.4. The van der Waals surface area contributed by atoms with Gasteiger partial charge in [0.05, 0.1) is 5.02 Å². The van der Waals surface area contributed by atoms with E-state index in [1.54, 1.807) is 30.3 Å². The van der Waals surface area contributed by atoms with Gasteiger partial charge in [0.15, 0.2) is 0 Å². The van der Waals surface area contributed by atoms with E-state index in [-0.39, 0.29) is 5.75 Å². The van der Waals surface area contributed by atoms with Gasteiger partial charge in [0.2, 0.25) is 0 Å². The largest absolute Gasteiger partial charge is 0.508 e. The van der Waals surface area contributed by atoms with Crippen molar-refractivity contribution in [1.82, 2.24) is 0 Å². The molecule has 0 saturated carbocycles. The van der Waals surface area contributed by atoms with Gasteiger partial charge in [0, 0.05) is 0 Å². The van der Waals surface area contributed by atoms with Gasteiger partial charge in [-0.1, -0.05) is 23.7 Å². The second-order valence-corrected chi connectivity index (χ2v) is 4.03. The number of rotatable bonds is 5. The van der Waals surface area contributed by atoms with E-state index >= 15 is 0 Å². The normalized spacial score (nSPS) is 10.1. The molecule has 0 spiro atoms. The fourth-order valence-corrected chi connectivity index (χ4v) is 1.61. The van der Waals surface area contributed by atoms with Crippen LogP contribution in [0.4, 0.5) is 0 Å². The fraction of sp³-hybridized carbons (Fsp3) is 0.143. The van der Waals surface area contributed by atoms with Crippen LogP contribution in [0.1, 0.15) is 0 Å². The number of halogens is 1. The molecule has 0 saturated heterocycles. The van der Waals surface area contributed by atoms with Crippen molar-refractivity contribution in [2.45, 2.75) is 0 Å². The summed E-state index contributed by atoms with van der Waals surface area (Å²) in [7, 11) is 0. The second-order valence-electron chi connectivity index (χ2n) is 3.62. The molecule has 2 aromatic rings. The van der Waals surface area contributed by atoms with E-state index in [1.165, 1.54) is 0 Å². The molecule has 4 heteroatoms. The first kappa shape index (κ1) is 12.6. The smallest absolute Gasteiger partial charge is 0.138 e. The zero-order valence-electron chi connectivity index (χ0n) is 9.67. The average molecular weight is 265 g/mol. The summed E-state index contributed by atoms with van der Waals surface area (Å²) in [6.45, 7) is 0.820. The molecule has 0 bridgehead atoms. The Morgan fingerprint density at radius 2 is 1.56 bits per heavy atom. The van der Waals surface area contributed by atoms with Crippen LogP contribution in [0.2, 0.25) is 5.02 Å². The maximum Gasteiger partial charge on any atom is 0.138 e. The van der Waals surface area contributed by atoms with E-state index in [1.807, 2.05) is 18.2 Å². The fourth-order valence-electron chi connectivity index (χ4n) is 1.42. The average Bonchev–Trinajstić information content (AvgIpc) is 2.39. The Balaban J connectivity index is 1.76. The number of ether oxygens (including phenoxy) is 2. The van der Waals surface area contributed by atoms with Gasteiger partial charge in [-0.15, -0.1) is 0 Å². The third-order valence-corrected chi connectivity index (χ3v) is 2.60. The molecule has 2 rings (SSSR count). The summed E-state index contributed by atoms with van der Waals surface area (Å²) in [5.41, 5.74) is 0. The Morgan fingerprint density at radius 3 is 2.28 bits per heavy atom. The highest BCUT2D eigenvalue weighted by Crippen LogP contribution is 2.23. The summed E-state index contributed by atoms with van der Waals surface area (Å²) in [4.78, 5) is 0. The summed E-state index contributed by atoms with van der Waals surface area (Å²) < 4.78 is 10.9. The minimum absolute atomic E-state index is 0.217. The van der Waals surface area contributed by atoms with E-state index in [9.17, 15) is 0 Å². The monoisotopic (exact) mass is 264 g/mol. The van der Waals surface area contributed by atoms with Crippen LogP contribution in [0.25, 0.3) is 0 Å². The number of para-hydroxylation sites is 1. The van der Waals surface area contributed by atoms with Crippen LogP contribution in [0, 0.1) is 0 Å². The molecule has 94 valence electrons. The summed E-state index contributed by atoms with van der Waals surface area (Å²) in [5.74, 6) is 1.55. The van der Waals surface area contributed by atoms with Crippen LogP contribution >= 0.6 is 11.6 Å². The van der Waals surface area contributed by atoms with Crippen LogP contribution in [0.5, 0.6) is 17.2 Å². The summed E-state index contributed by atoms with van der Waals surface area (Å²) in [5, 5.41) is 9.70. The third-order valence-electron chi connectivity index (χ3n) is 2.28.